The van der Waals surface area contributed by atoms with Crippen LogP contribution >= 0.6 is 0 Å². The Labute approximate surface area is 90.2 Å². The molecule has 0 nitrogen and oxygen atoms in total. The Balaban J connectivity index is 2.20. The molecule has 1 aliphatic rings. The Morgan fingerprint density at radius 3 is 2.53 bits per heavy atom. The molecule has 1 fully saturated rings. The Kier molecular flexibility index (Phi) is 1.88. The second-order valence-electron chi connectivity index (χ2n) is 4.33. The molecule has 1 saturated carbocycles. The normalized spacial score (nSPS) is 15.5. The van der Waals surface area contributed by atoms with E-state index in [0.717, 1.165) is 5.92 Å². The fourth-order valence-corrected chi connectivity index (χ4v) is 2.16. The summed E-state index contributed by atoms with van der Waals surface area (Å²) < 4.78 is 0. The van der Waals surface area contributed by atoms with E-state index in [-0.39, 0.29) is 0 Å². The van der Waals surface area contributed by atoms with Gasteiger partial charge in [0.05, 0.1) is 0 Å². The minimum Gasteiger partial charge on any atom is -0.0949 e. The third-order valence-electron chi connectivity index (χ3n) is 3.21. The maximum Gasteiger partial charge on any atom is -0.0109 e. The Hall–Kier alpha value is -1.56. The van der Waals surface area contributed by atoms with E-state index in [4.69, 9.17) is 0 Å². The molecule has 0 aromatic heterocycles. The highest BCUT2D eigenvalue weighted by Crippen LogP contribution is 2.42. The molecule has 0 aliphatic heterocycles. The lowest BCUT2D eigenvalue weighted by Gasteiger charge is -2.08. The SMILES string of the molecule is C=C(c1cccc2ccccc12)C1CC1. The van der Waals surface area contributed by atoms with Gasteiger partial charge in [0, 0.05) is 0 Å². The molecule has 0 radical (unpaired) electrons. The highest BCUT2D eigenvalue weighted by molar-refractivity contribution is 5.94. The quantitative estimate of drug-likeness (QED) is 0.670. The summed E-state index contributed by atoms with van der Waals surface area (Å²) in [5, 5.41) is 2.66. The molecule has 0 heteroatoms. The second kappa shape index (κ2) is 3.23. The van der Waals surface area contributed by atoms with Gasteiger partial charge in [-0.3, -0.25) is 0 Å². The van der Waals surface area contributed by atoms with Gasteiger partial charge in [0.15, 0.2) is 0 Å². The van der Waals surface area contributed by atoms with Gasteiger partial charge >= 0.3 is 0 Å². The predicted octanol–water partition coefficient (Wildman–Crippen LogP) is 4.26. The van der Waals surface area contributed by atoms with Crippen molar-refractivity contribution in [2.24, 2.45) is 5.92 Å². The van der Waals surface area contributed by atoms with Crippen LogP contribution in [-0.2, 0) is 0 Å². The van der Waals surface area contributed by atoms with E-state index in [9.17, 15) is 0 Å². The van der Waals surface area contributed by atoms with Crippen molar-refractivity contribution in [3.63, 3.8) is 0 Å². The van der Waals surface area contributed by atoms with Crippen LogP contribution in [0.3, 0.4) is 0 Å². The summed E-state index contributed by atoms with van der Waals surface area (Å²) in [4.78, 5) is 0. The molecule has 0 N–H and O–H groups in total. The Morgan fingerprint density at radius 1 is 1.00 bits per heavy atom. The molecule has 74 valence electrons. The maximum absolute atomic E-state index is 4.24. The molecule has 0 heterocycles. The lowest BCUT2D eigenvalue weighted by molar-refractivity contribution is 1.16. The van der Waals surface area contributed by atoms with Crippen molar-refractivity contribution in [1.29, 1.82) is 0 Å². The fourth-order valence-electron chi connectivity index (χ4n) is 2.16. The number of hydrogen-bond acceptors (Lipinski definition) is 0. The van der Waals surface area contributed by atoms with Crippen LogP contribution in [-0.4, -0.2) is 0 Å². The molecule has 15 heavy (non-hydrogen) atoms. The molecule has 0 amide bonds. The molecule has 0 unspecified atom stereocenters. The summed E-state index contributed by atoms with van der Waals surface area (Å²) in [6.07, 6.45) is 2.64. The zero-order valence-electron chi connectivity index (χ0n) is 8.74. The Morgan fingerprint density at radius 2 is 1.73 bits per heavy atom. The summed E-state index contributed by atoms with van der Waals surface area (Å²) in [5.74, 6) is 0.746. The third kappa shape index (κ3) is 1.46. The van der Waals surface area contributed by atoms with Crippen molar-refractivity contribution >= 4 is 16.3 Å². The van der Waals surface area contributed by atoms with Crippen molar-refractivity contribution in [3.05, 3.63) is 54.6 Å². The maximum atomic E-state index is 4.24. The standard InChI is InChI=1S/C15H14/c1-11(12-9-10-12)14-8-4-6-13-5-2-3-7-15(13)14/h2-8,12H,1,9-10H2. The van der Waals surface area contributed by atoms with Crippen molar-refractivity contribution in [3.8, 4) is 0 Å². The molecular formula is C15H14. The van der Waals surface area contributed by atoms with Gasteiger partial charge in [-0.05, 0) is 40.7 Å². The zero-order valence-corrected chi connectivity index (χ0v) is 8.74. The van der Waals surface area contributed by atoms with E-state index in [1.165, 1.54) is 34.8 Å². The lowest BCUT2D eigenvalue weighted by Crippen LogP contribution is -1.86. The van der Waals surface area contributed by atoms with Crippen molar-refractivity contribution < 1.29 is 0 Å². The highest BCUT2D eigenvalue weighted by Gasteiger charge is 2.25. The average Bonchev–Trinajstić information content (AvgIpc) is 3.11. The predicted molar refractivity (Wildman–Crippen MR) is 65.7 cm³/mol. The number of hydrogen-bond donors (Lipinski definition) is 0. The largest absolute Gasteiger partial charge is 0.0949 e. The monoisotopic (exact) mass is 194 g/mol. The first-order valence-electron chi connectivity index (χ1n) is 5.53. The molecule has 3 rings (SSSR count). The van der Waals surface area contributed by atoms with Crippen LogP contribution in [0.2, 0.25) is 0 Å². The summed E-state index contributed by atoms with van der Waals surface area (Å²) in [5.41, 5.74) is 2.67. The van der Waals surface area contributed by atoms with Crippen LogP contribution in [0.5, 0.6) is 0 Å². The minimum absolute atomic E-state index is 0.746. The van der Waals surface area contributed by atoms with Crippen molar-refractivity contribution in [1.82, 2.24) is 0 Å². The van der Waals surface area contributed by atoms with Gasteiger partial charge < -0.3 is 0 Å². The van der Waals surface area contributed by atoms with E-state index in [2.05, 4.69) is 49.0 Å². The first kappa shape index (κ1) is 8.72. The number of benzene rings is 2. The van der Waals surface area contributed by atoms with E-state index in [1.807, 2.05) is 0 Å². The van der Waals surface area contributed by atoms with Gasteiger partial charge in [-0.15, -0.1) is 0 Å². The number of fused-ring (bicyclic) bond motifs is 1. The fraction of sp³-hybridized carbons (Fsp3) is 0.200. The lowest BCUT2D eigenvalue weighted by atomic mass is 9.97. The van der Waals surface area contributed by atoms with E-state index < -0.39 is 0 Å². The van der Waals surface area contributed by atoms with Crippen LogP contribution in [0, 0.1) is 5.92 Å². The average molecular weight is 194 g/mol. The van der Waals surface area contributed by atoms with Gasteiger partial charge in [0.2, 0.25) is 0 Å². The van der Waals surface area contributed by atoms with Gasteiger partial charge in [0.25, 0.3) is 0 Å². The van der Waals surface area contributed by atoms with Gasteiger partial charge in [0.1, 0.15) is 0 Å². The molecule has 1 aliphatic carbocycles. The molecule has 2 aromatic rings. The topological polar surface area (TPSA) is 0 Å². The van der Waals surface area contributed by atoms with Gasteiger partial charge in [-0.2, -0.15) is 0 Å². The van der Waals surface area contributed by atoms with Gasteiger partial charge in [-0.1, -0.05) is 49.0 Å². The van der Waals surface area contributed by atoms with Crippen LogP contribution in [0.1, 0.15) is 18.4 Å². The third-order valence-corrected chi connectivity index (χ3v) is 3.21. The van der Waals surface area contributed by atoms with Crippen LogP contribution in [0.25, 0.3) is 16.3 Å². The summed E-state index contributed by atoms with van der Waals surface area (Å²) in [6.45, 7) is 4.24. The van der Waals surface area contributed by atoms with Crippen LogP contribution in [0.4, 0.5) is 0 Å². The smallest absolute Gasteiger partial charge is 0.0109 e. The highest BCUT2D eigenvalue weighted by atomic mass is 14.3. The first-order valence-corrected chi connectivity index (χ1v) is 5.53. The van der Waals surface area contributed by atoms with E-state index >= 15 is 0 Å². The van der Waals surface area contributed by atoms with E-state index in [1.54, 1.807) is 0 Å². The molecule has 0 atom stereocenters. The summed E-state index contributed by atoms with van der Waals surface area (Å²) in [6, 6.07) is 15.0. The molecule has 0 saturated heterocycles. The molecular weight excluding hydrogens is 180 g/mol. The first-order chi connectivity index (χ1) is 7.36. The number of allylic oxidation sites excluding steroid dienone is 1. The van der Waals surface area contributed by atoms with Crippen molar-refractivity contribution in [2.45, 2.75) is 12.8 Å². The van der Waals surface area contributed by atoms with Crippen LogP contribution < -0.4 is 0 Å². The van der Waals surface area contributed by atoms with Gasteiger partial charge in [-0.25, -0.2) is 0 Å². The van der Waals surface area contributed by atoms with Crippen molar-refractivity contribution in [2.75, 3.05) is 0 Å². The second-order valence-corrected chi connectivity index (χ2v) is 4.33. The molecule has 0 spiro atoms. The number of rotatable bonds is 2. The summed E-state index contributed by atoms with van der Waals surface area (Å²) in [7, 11) is 0. The minimum atomic E-state index is 0.746. The Bertz CT molecular complexity index is 513. The van der Waals surface area contributed by atoms with Crippen LogP contribution in [0.15, 0.2) is 49.0 Å². The van der Waals surface area contributed by atoms with E-state index in [0.29, 0.717) is 0 Å². The zero-order chi connectivity index (χ0) is 10.3. The molecule has 2 aromatic carbocycles. The molecule has 0 bridgehead atoms. The summed E-state index contributed by atoms with van der Waals surface area (Å²) >= 11 is 0.